The highest BCUT2D eigenvalue weighted by Crippen LogP contribution is 2.44. The Morgan fingerprint density at radius 2 is 1.60 bits per heavy atom. The van der Waals surface area contributed by atoms with Crippen LogP contribution in [0.25, 0.3) is 17.2 Å². The van der Waals surface area contributed by atoms with Gasteiger partial charge in [-0.3, -0.25) is 0 Å². The Balaban J connectivity index is 1.32. The third kappa shape index (κ3) is 5.16. The first-order valence-corrected chi connectivity index (χ1v) is 13.3. The maximum absolute atomic E-state index is 12.9. The highest BCUT2D eigenvalue weighted by Gasteiger charge is 2.52. The molecule has 40 heavy (non-hydrogen) atoms. The fourth-order valence-corrected chi connectivity index (χ4v) is 5.05. The number of carbonyl (C=O) groups excluding carboxylic acids is 2. The number of alkyl carbamates (subject to hydrolysis) is 1. The molecule has 1 aromatic heterocycles. The van der Waals surface area contributed by atoms with Crippen molar-refractivity contribution in [3.8, 4) is 11.1 Å². The van der Waals surface area contributed by atoms with Gasteiger partial charge in [-0.2, -0.15) is 0 Å². The minimum Gasteiger partial charge on any atom is -0.463 e. The van der Waals surface area contributed by atoms with Gasteiger partial charge in [-0.05, 0) is 61.5 Å². The number of imidazole rings is 1. The zero-order valence-electron chi connectivity index (χ0n) is 23.7. The molecule has 1 fully saturated rings. The van der Waals surface area contributed by atoms with Crippen molar-refractivity contribution in [1.82, 2.24) is 14.9 Å². The molecule has 9 nitrogen and oxygen atoms in total. The molecule has 1 saturated heterocycles. The Kier molecular flexibility index (Phi) is 7.33. The van der Waals surface area contributed by atoms with Crippen molar-refractivity contribution >= 4 is 25.3 Å². The maximum Gasteiger partial charge on any atom is 0.492 e. The Hall–Kier alpha value is -3.89. The average Bonchev–Trinajstić information content (AvgIpc) is 3.52. The summed E-state index contributed by atoms with van der Waals surface area (Å²) in [6.45, 7) is 8.13. The van der Waals surface area contributed by atoms with Crippen LogP contribution in [0, 0.1) is 0 Å². The second-order valence-electron chi connectivity index (χ2n) is 11.1. The van der Waals surface area contributed by atoms with E-state index in [1.54, 1.807) is 23.9 Å². The summed E-state index contributed by atoms with van der Waals surface area (Å²) in [5, 5.41) is 2.85. The number of rotatable bonds is 7. The van der Waals surface area contributed by atoms with E-state index in [0.717, 1.165) is 11.1 Å². The minimum absolute atomic E-state index is 0.0403. The molecule has 0 spiro atoms. The van der Waals surface area contributed by atoms with Gasteiger partial charge in [-0.25, -0.2) is 14.6 Å². The number of aryl methyl sites for hydroxylation is 1. The molecule has 1 amide bonds. The summed E-state index contributed by atoms with van der Waals surface area (Å²) < 4.78 is 24.6. The monoisotopic (exact) mass is 543 g/mol. The van der Waals surface area contributed by atoms with Crippen LogP contribution in [0.2, 0.25) is 0 Å². The second kappa shape index (κ2) is 10.6. The number of amides is 1. The van der Waals surface area contributed by atoms with Gasteiger partial charge in [0.15, 0.2) is 0 Å². The third-order valence-corrected chi connectivity index (χ3v) is 7.93. The fraction of sp³-hybridized carbons (Fsp3) is 0.367. The van der Waals surface area contributed by atoms with Crippen molar-refractivity contribution in [2.24, 2.45) is 7.05 Å². The summed E-state index contributed by atoms with van der Waals surface area (Å²) in [6, 6.07) is 16.4. The van der Waals surface area contributed by atoms with Crippen LogP contribution in [-0.4, -0.2) is 60.2 Å². The van der Waals surface area contributed by atoms with Crippen molar-refractivity contribution < 1.29 is 28.4 Å². The van der Waals surface area contributed by atoms with Crippen molar-refractivity contribution in [3.63, 3.8) is 0 Å². The maximum atomic E-state index is 12.9. The van der Waals surface area contributed by atoms with Crippen LogP contribution < -0.4 is 5.32 Å². The molecule has 3 aromatic rings. The highest BCUT2D eigenvalue weighted by molar-refractivity contribution is 6.56. The Bertz CT molecular complexity index is 1420. The van der Waals surface area contributed by atoms with Crippen molar-refractivity contribution in [2.45, 2.75) is 44.8 Å². The summed E-state index contributed by atoms with van der Waals surface area (Å²) in [6.07, 6.45) is 2.89. The number of nitrogens with zero attached hydrogens (tertiary/aromatic N) is 2. The van der Waals surface area contributed by atoms with E-state index < -0.39 is 30.4 Å². The lowest BCUT2D eigenvalue weighted by Crippen LogP contribution is -2.41. The van der Waals surface area contributed by atoms with Crippen LogP contribution in [0.3, 0.4) is 0 Å². The molecule has 10 heteroatoms. The molecule has 0 bridgehead atoms. The molecule has 2 aliphatic rings. The van der Waals surface area contributed by atoms with Crippen molar-refractivity contribution in [3.05, 3.63) is 82.8 Å². The Labute approximate surface area is 234 Å². The molecular formula is C30H34BN3O6. The van der Waals surface area contributed by atoms with Gasteiger partial charge in [-0.1, -0.05) is 48.5 Å². The first-order valence-electron chi connectivity index (χ1n) is 13.3. The third-order valence-electron chi connectivity index (χ3n) is 7.93. The van der Waals surface area contributed by atoms with Gasteiger partial charge in [0.2, 0.25) is 5.82 Å². The van der Waals surface area contributed by atoms with E-state index in [2.05, 4.69) is 34.6 Å². The summed E-state index contributed by atoms with van der Waals surface area (Å²) in [4.78, 5) is 29.4. The lowest BCUT2D eigenvalue weighted by Gasteiger charge is -2.32. The minimum atomic E-state index is -0.734. The topological polar surface area (TPSA) is 101 Å². The molecular weight excluding hydrogens is 509 g/mol. The summed E-state index contributed by atoms with van der Waals surface area (Å²) in [5.74, 6) is -0.427. The number of benzene rings is 2. The molecule has 5 rings (SSSR count). The number of carbonyl (C=O) groups is 2. The van der Waals surface area contributed by atoms with E-state index in [4.69, 9.17) is 18.8 Å². The van der Waals surface area contributed by atoms with Gasteiger partial charge < -0.3 is 28.7 Å². The number of hydrogen-bond donors (Lipinski definition) is 1. The van der Waals surface area contributed by atoms with Crippen molar-refractivity contribution in [2.75, 3.05) is 20.3 Å². The van der Waals surface area contributed by atoms with E-state index in [-0.39, 0.29) is 24.9 Å². The molecule has 0 atom stereocenters. The van der Waals surface area contributed by atoms with Crippen LogP contribution in [0.1, 0.15) is 61.1 Å². The van der Waals surface area contributed by atoms with E-state index >= 15 is 0 Å². The van der Waals surface area contributed by atoms with Crippen LogP contribution in [0.5, 0.6) is 0 Å². The molecule has 208 valence electrons. The van der Waals surface area contributed by atoms with E-state index in [1.165, 1.54) is 18.2 Å². The summed E-state index contributed by atoms with van der Waals surface area (Å²) >= 11 is 0. The van der Waals surface area contributed by atoms with Gasteiger partial charge in [-0.15, -0.1) is 0 Å². The largest absolute Gasteiger partial charge is 0.492 e. The quantitative estimate of drug-likeness (QED) is 0.339. The van der Waals surface area contributed by atoms with E-state index in [9.17, 15) is 9.59 Å². The number of esters is 1. The smallest absolute Gasteiger partial charge is 0.463 e. The number of methoxy groups -OCH3 is 1. The zero-order chi connectivity index (χ0) is 28.7. The Morgan fingerprint density at radius 3 is 2.17 bits per heavy atom. The van der Waals surface area contributed by atoms with Gasteiger partial charge in [0.25, 0.3) is 0 Å². The standard InChI is InChI=1S/C30H34BN3O6/c1-29(2)30(3,4)40-31(39-29)19(15-20-17-34(5)26(33-20)27(35)37-6)16-32-28(36)38-18-25-23-13-9-7-11-21(23)22-12-8-10-14-24(22)25/h7-15,17,25H,16,18H2,1-6H3,(H,32,36). The zero-order valence-corrected chi connectivity index (χ0v) is 23.7. The van der Waals surface area contributed by atoms with Crippen LogP contribution >= 0.6 is 0 Å². The van der Waals surface area contributed by atoms with Gasteiger partial charge >= 0.3 is 19.2 Å². The summed E-state index contributed by atoms with van der Waals surface area (Å²) in [5.41, 5.74) is 4.59. The fourth-order valence-electron chi connectivity index (χ4n) is 5.05. The SMILES string of the molecule is COC(=O)c1nc(C=C(CNC(=O)OCC2c3ccccc3-c3ccccc32)B2OC(C)(C)C(C)(C)O2)cn1C. The molecule has 1 aliphatic carbocycles. The lowest BCUT2D eigenvalue weighted by atomic mass is 9.77. The van der Waals surface area contributed by atoms with Crippen LogP contribution in [-0.2, 0) is 25.8 Å². The first kappa shape index (κ1) is 27.7. The van der Waals surface area contributed by atoms with Gasteiger partial charge in [0.1, 0.15) is 6.61 Å². The van der Waals surface area contributed by atoms with Crippen LogP contribution in [0.15, 0.2) is 60.2 Å². The number of fused-ring (bicyclic) bond motifs is 3. The lowest BCUT2D eigenvalue weighted by molar-refractivity contribution is 0.00578. The molecule has 0 saturated carbocycles. The molecule has 1 aliphatic heterocycles. The second-order valence-corrected chi connectivity index (χ2v) is 11.1. The number of nitrogens with one attached hydrogen (secondary N) is 1. The number of ether oxygens (including phenoxy) is 2. The number of aromatic nitrogens is 2. The van der Waals surface area contributed by atoms with Crippen molar-refractivity contribution in [1.29, 1.82) is 0 Å². The molecule has 0 radical (unpaired) electrons. The Morgan fingerprint density at radius 1 is 1.02 bits per heavy atom. The van der Waals surface area contributed by atoms with Crippen LogP contribution in [0.4, 0.5) is 4.79 Å². The predicted octanol–water partition coefficient (Wildman–Crippen LogP) is 4.76. The molecule has 2 heterocycles. The normalized spacial score (nSPS) is 17.4. The molecule has 2 aromatic carbocycles. The molecule has 0 unspecified atom stereocenters. The average molecular weight is 543 g/mol. The predicted molar refractivity (Wildman–Crippen MR) is 152 cm³/mol. The first-order chi connectivity index (χ1) is 19.0. The number of hydrogen-bond acceptors (Lipinski definition) is 7. The van der Waals surface area contributed by atoms with E-state index in [1.807, 2.05) is 52.0 Å². The van der Waals surface area contributed by atoms with Gasteiger partial charge in [0.05, 0.1) is 24.0 Å². The highest BCUT2D eigenvalue weighted by atomic mass is 16.7. The van der Waals surface area contributed by atoms with Gasteiger partial charge in [0, 0.05) is 25.7 Å². The van der Waals surface area contributed by atoms with E-state index in [0.29, 0.717) is 11.2 Å². The molecule has 1 N–H and O–H groups in total. The summed E-state index contributed by atoms with van der Waals surface area (Å²) in [7, 11) is 2.28.